The quantitative estimate of drug-likeness (QED) is 0.0134. The number of benzene rings is 5. The van der Waals surface area contributed by atoms with Crippen LogP contribution < -0.4 is 24.7 Å². The molecule has 69 heavy (non-hydrogen) atoms. The minimum atomic E-state index is -4.22. The molecule has 17 heteroatoms. The van der Waals surface area contributed by atoms with Gasteiger partial charge < -0.3 is 34.9 Å². The van der Waals surface area contributed by atoms with Crippen LogP contribution in [-0.4, -0.2) is 71.0 Å². The number of ether oxygens (including phenoxy) is 4. The third-order valence-corrected chi connectivity index (χ3v) is 10.3. The molecule has 0 aliphatic rings. The number of aliphatic hydroxyl groups is 2. The molecular weight excluding hydrogens is 913 g/mol. The third-order valence-electron chi connectivity index (χ3n) is 10.3. The van der Waals surface area contributed by atoms with E-state index in [1.54, 1.807) is 24.3 Å². The van der Waals surface area contributed by atoms with Gasteiger partial charge in [0.05, 0.1) is 24.3 Å². The Bertz CT molecular complexity index is 2520. The van der Waals surface area contributed by atoms with Crippen molar-refractivity contribution in [2.24, 2.45) is 0 Å². The van der Waals surface area contributed by atoms with E-state index >= 15 is 0 Å². The molecule has 364 valence electrons. The molecule has 0 aliphatic carbocycles. The first-order chi connectivity index (χ1) is 32.7. The van der Waals surface area contributed by atoms with Gasteiger partial charge in [0, 0.05) is 31.4 Å². The highest BCUT2D eigenvalue weighted by atomic mass is 19.4. The Morgan fingerprint density at radius 1 is 0.551 bits per heavy atom. The Morgan fingerprint density at radius 2 is 0.957 bits per heavy atom. The molecule has 11 nitrogen and oxygen atoms in total. The molecule has 5 aromatic rings. The number of unbranched alkanes of at least 4 members (excludes halogenated alkanes) is 2. The standard InChI is InChI=1S/C52H49F6NO10/c53-51(54,55)29-1-3-31-66-41-19-23-43(24-20-41)68-48(63)38-13-5-35(6-14-38)11-27-45(60)46(61)34-50(65,33-37-9-17-40(59)18-10-37)47(62)28-12-36-7-15-39(16-8-36)49(64)69-44-25-21-42(22-26-44)67-32-4-2-30-52(56,57)58/h5-28,46,61,65H,1-4,29-34,59H2/b27-11+,28-12+. The van der Waals surface area contributed by atoms with E-state index in [1.807, 2.05) is 0 Å². The van der Waals surface area contributed by atoms with Gasteiger partial charge in [-0.2, -0.15) is 26.3 Å². The first-order valence-corrected chi connectivity index (χ1v) is 21.7. The largest absolute Gasteiger partial charge is 0.494 e. The summed E-state index contributed by atoms with van der Waals surface area (Å²) < 4.78 is 95.6. The van der Waals surface area contributed by atoms with Crippen molar-refractivity contribution in [2.45, 2.75) is 75.4 Å². The molecule has 2 atom stereocenters. The number of nitrogens with two attached hydrogens (primary N) is 1. The van der Waals surface area contributed by atoms with E-state index in [-0.39, 0.29) is 67.9 Å². The maximum Gasteiger partial charge on any atom is 0.389 e. The molecule has 0 saturated heterocycles. The summed E-state index contributed by atoms with van der Waals surface area (Å²) in [4.78, 5) is 52.4. The van der Waals surface area contributed by atoms with Crippen molar-refractivity contribution in [1.29, 1.82) is 0 Å². The van der Waals surface area contributed by atoms with Gasteiger partial charge in [-0.25, -0.2) is 9.59 Å². The number of alkyl halides is 6. The summed E-state index contributed by atoms with van der Waals surface area (Å²) in [5, 5.41) is 22.8. The number of carbonyl (C=O) groups is 4. The molecule has 0 amide bonds. The maximum absolute atomic E-state index is 13.7. The summed E-state index contributed by atoms with van der Waals surface area (Å²) >= 11 is 0. The number of hydrogen-bond acceptors (Lipinski definition) is 11. The fourth-order valence-corrected chi connectivity index (χ4v) is 6.51. The summed E-state index contributed by atoms with van der Waals surface area (Å²) in [5.41, 5.74) is 5.77. The number of nitrogen functional groups attached to an aromatic ring is 1. The Hall–Kier alpha value is -7.24. The van der Waals surface area contributed by atoms with E-state index in [9.17, 15) is 55.7 Å². The van der Waals surface area contributed by atoms with Crippen LogP contribution in [0.2, 0.25) is 0 Å². The minimum absolute atomic E-state index is 0.0541. The zero-order valence-corrected chi connectivity index (χ0v) is 37.0. The number of esters is 2. The van der Waals surface area contributed by atoms with Gasteiger partial charge in [0.2, 0.25) is 0 Å². The molecule has 0 fully saturated rings. The zero-order valence-electron chi connectivity index (χ0n) is 37.0. The summed E-state index contributed by atoms with van der Waals surface area (Å²) in [6.45, 7) is 0.192. The van der Waals surface area contributed by atoms with Crippen LogP contribution in [0.1, 0.15) is 82.4 Å². The van der Waals surface area contributed by atoms with E-state index in [0.29, 0.717) is 33.9 Å². The lowest BCUT2D eigenvalue weighted by Gasteiger charge is -2.27. The van der Waals surface area contributed by atoms with E-state index < -0.39 is 66.8 Å². The average Bonchev–Trinajstić information content (AvgIpc) is 3.31. The highest BCUT2D eigenvalue weighted by Crippen LogP contribution is 2.27. The monoisotopic (exact) mass is 961 g/mol. The average molecular weight is 962 g/mol. The lowest BCUT2D eigenvalue weighted by molar-refractivity contribution is -0.138. The van der Waals surface area contributed by atoms with Gasteiger partial charge in [-0.1, -0.05) is 48.6 Å². The molecule has 5 aromatic carbocycles. The smallest absolute Gasteiger partial charge is 0.389 e. The fourth-order valence-electron chi connectivity index (χ4n) is 6.51. The van der Waals surface area contributed by atoms with Crippen LogP contribution in [0.15, 0.2) is 133 Å². The van der Waals surface area contributed by atoms with Gasteiger partial charge in [-0.05, 0) is 139 Å². The van der Waals surface area contributed by atoms with E-state index in [1.165, 1.54) is 109 Å². The first-order valence-electron chi connectivity index (χ1n) is 21.7. The molecule has 0 saturated carbocycles. The molecule has 0 spiro atoms. The van der Waals surface area contributed by atoms with Crippen LogP contribution >= 0.6 is 0 Å². The summed E-state index contributed by atoms with van der Waals surface area (Å²) in [6, 6.07) is 30.3. The van der Waals surface area contributed by atoms with Crippen molar-refractivity contribution < 1.29 is 74.7 Å². The molecule has 0 aromatic heterocycles. The molecule has 0 heterocycles. The maximum atomic E-state index is 13.7. The zero-order chi connectivity index (χ0) is 50.0. The SMILES string of the molecule is Nc1ccc(CC(O)(CC(O)C(=O)/C=C/c2ccc(C(=O)Oc3ccc(OCCCCC(F)(F)F)cc3)cc2)C(=O)/C=C/c2ccc(C(=O)Oc3ccc(OCCCCC(F)(F)F)cc3)cc2)cc1. The van der Waals surface area contributed by atoms with Crippen molar-refractivity contribution in [1.82, 2.24) is 0 Å². The highest BCUT2D eigenvalue weighted by molar-refractivity contribution is 6.02. The van der Waals surface area contributed by atoms with Crippen molar-refractivity contribution in [3.63, 3.8) is 0 Å². The number of ketones is 2. The van der Waals surface area contributed by atoms with E-state index in [0.717, 1.165) is 12.2 Å². The fraction of sp³-hybridized carbons (Fsp3) is 0.269. The predicted octanol–water partition coefficient (Wildman–Crippen LogP) is 10.5. The number of aliphatic hydroxyl groups excluding tert-OH is 1. The number of hydrogen-bond donors (Lipinski definition) is 3. The van der Waals surface area contributed by atoms with Crippen LogP contribution in [0.5, 0.6) is 23.0 Å². The normalized spacial score (nSPS) is 13.2. The number of rotatable bonds is 24. The minimum Gasteiger partial charge on any atom is -0.494 e. The molecule has 5 rings (SSSR count). The number of carbonyl (C=O) groups excluding carboxylic acids is 4. The number of anilines is 1. The van der Waals surface area contributed by atoms with Crippen LogP contribution in [0, 0.1) is 0 Å². The lowest BCUT2D eigenvalue weighted by atomic mass is 9.83. The van der Waals surface area contributed by atoms with Gasteiger partial charge in [-0.15, -0.1) is 0 Å². The van der Waals surface area contributed by atoms with Crippen LogP contribution in [-0.2, 0) is 16.0 Å². The van der Waals surface area contributed by atoms with Crippen molar-refractivity contribution in [3.8, 4) is 23.0 Å². The summed E-state index contributed by atoms with van der Waals surface area (Å²) in [6.07, 6.45) is -7.69. The van der Waals surface area contributed by atoms with Gasteiger partial charge >= 0.3 is 24.3 Å². The third kappa shape index (κ3) is 18.4. The Morgan fingerprint density at radius 3 is 1.38 bits per heavy atom. The molecule has 0 aliphatic heterocycles. The topological polar surface area (TPSA) is 172 Å². The van der Waals surface area contributed by atoms with Gasteiger partial charge in [0.25, 0.3) is 0 Å². The molecule has 2 unspecified atom stereocenters. The van der Waals surface area contributed by atoms with Crippen molar-refractivity contribution in [3.05, 3.63) is 161 Å². The summed E-state index contributed by atoms with van der Waals surface area (Å²) in [7, 11) is 0. The van der Waals surface area contributed by atoms with E-state index in [4.69, 9.17) is 24.7 Å². The second-order valence-corrected chi connectivity index (χ2v) is 15.9. The second-order valence-electron chi connectivity index (χ2n) is 15.9. The van der Waals surface area contributed by atoms with Crippen molar-refractivity contribution in [2.75, 3.05) is 18.9 Å². The van der Waals surface area contributed by atoms with Crippen LogP contribution in [0.4, 0.5) is 32.0 Å². The Labute approximate surface area is 393 Å². The van der Waals surface area contributed by atoms with Gasteiger partial charge in [-0.3, -0.25) is 9.59 Å². The van der Waals surface area contributed by atoms with Crippen LogP contribution in [0.25, 0.3) is 12.2 Å². The van der Waals surface area contributed by atoms with E-state index in [2.05, 4.69) is 0 Å². The first kappa shape index (κ1) is 52.7. The van der Waals surface area contributed by atoms with Crippen LogP contribution in [0.3, 0.4) is 0 Å². The molecule has 0 bridgehead atoms. The summed E-state index contributed by atoms with van der Waals surface area (Å²) in [5.74, 6) is -1.83. The van der Waals surface area contributed by atoms with Gasteiger partial charge in [0.1, 0.15) is 34.7 Å². The number of halogens is 6. The second kappa shape index (κ2) is 24.7. The molecular formula is C52H49F6NO10. The Kier molecular flexibility index (Phi) is 18.9. The molecule has 0 radical (unpaired) electrons. The van der Waals surface area contributed by atoms with Gasteiger partial charge in [0.15, 0.2) is 11.6 Å². The molecule has 4 N–H and O–H groups in total. The van der Waals surface area contributed by atoms with Crippen molar-refractivity contribution >= 4 is 41.3 Å². The highest BCUT2D eigenvalue weighted by Gasteiger charge is 2.38. The lowest BCUT2D eigenvalue weighted by Crippen LogP contribution is -2.44. The Balaban J connectivity index is 1.13. The predicted molar refractivity (Wildman–Crippen MR) is 245 cm³/mol.